The molecule has 2 rings (SSSR count). The highest BCUT2D eigenvalue weighted by Gasteiger charge is 2.09. The average Bonchev–Trinajstić information content (AvgIpc) is 2.80. The van der Waals surface area contributed by atoms with Gasteiger partial charge >= 0.3 is 0 Å². The van der Waals surface area contributed by atoms with E-state index in [0.717, 1.165) is 35.0 Å². The van der Waals surface area contributed by atoms with Gasteiger partial charge in [-0.2, -0.15) is 0 Å². The first kappa shape index (κ1) is 17.1. The first-order valence-corrected chi connectivity index (χ1v) is 8.77. The number of carbonyl (C=O) groups excluding carboxylic acids is 1. The van der Waals surface area contributed by atoms with Crippen molar-refractivity contribution in [1.82, 2.24) is 10.3 Å². The number of rotatable bonds is 5. The zero-order valence-corrected chi connectivity index (χ0v) is 14.9. The third-order valence-electron chi connectivity index (χ3n) is 3.15. The Kier molecular flexibility index (Phi) is 6.11. The number of fused-ring (bicyclic) bond motifs is 1. The Labute approximate surface area is 144 Å². The fourth-order valence-electron chi connectivity index (χ4n) is 1.96. The maximum Gasteiger partial charge on any atom is 0.226 e. The van der Waals surface area contributed by atoms with Gasteiger partial charge in [-0.1, -0.05) is 42.7 Å². The second-order valence-corrected chi connectivity index (χ2v) is 6.89. The van der Waals surface area contributed by atoms with Gasteiger partial charge in [0.2, 0.25) is 5.91 Å². The highest BCUT2D eigenvalue weighted by Crippen LogP contribution is 2.30. The standard InChI is InChI=1S/C15H18ClN3OS2/c1-3-4-5-6-13(20)18-14(21)19-15-17-11-8-10(16)9(2)7-12(11)22-15/h7-8H,3-6H2,1-2H3,(H2,17,18,19,20,21). The van der Waals surface area contributed by atoms with Gasteiger partial charge in [0.05, 0.1) is 10.2 Å². The number of anilines is 1. The number of unbranched alkanes of at least 4 members (excludes halogenated alkanes) is 2. The summed E-state index contributed by atoms with van der Waals surface area (Å²) in [5.41, 5.74) is 1.83. The molecule has 1 heterocycles. The van der Waals surface area contributed by atoms with E-state index in [1.165, 1.54) is 11.3 Å². The van der Waals surface area contributed by atoms with Crippen molar-refractivity contribution < 1.29 is 4.79 Å². The molecule has 2 aromatic rings. The SMILES string of the molecule is CCCCCC(=O)NC(=S)Nc1nc2cc(Cl)c(C)cc2s1. The van der Waals surface area contributed by atoms with E-state index in [-0.39, 0.29) is 11.0 Å². The van der Waals surface area contributed by atoms with Gasteiger partial charge in [-0.3, -0.25) is 4.79 Å². The number of hydrogen-bond acceptors (Lipinski definition) is 4. The van der Waals surface area contributed by atoms with Crippen LogP contribution in [0.3, 0.4) is 0 Å². The van der Waals surface area contributed by atoms with Crippen molar-refractivity contribution in [2.24, 2.45) is 0 Å². The van der Waals surface area contributed by atoms with Crippen LogP contribution >= 0.6 is 35.2 Å². The molecule has 1 amide bonds. The smallest absolute Gasteiger partial charge is 0.226 e. The van der Waals surface area contributed by atoms with E-state index in [2.05, 4.69) is 22.5 Å². The molecule has 4 nitrogen and oxygen atoms in total. The van der Waals surface area contributed by atoms with Crippen LogP contribution in [0.4, 0.5) is 5.13 Å². The van der Waals surface area contributed by atoms with Gasteiger partial charge in [0, 0.05) is 11.4 Å². The van der Waals surface area contributed by atoms with Crippen LogP contribution in [0.15, 0.2) is 12.1 Å². The topological polar surface area (TPSA) is 54.0 Å². The number of thiazole rings is 1. The van der Waals surface area contributed by atoms with Crippen molar-refractivity contribution in [2.45, 2.75) is 39.5 Å². The summed E-state index contributed by atoms with van der Waals surface area (Å²) >= 11 is 12.7. The van der Waals surface area contributed by atoms with Crippen LogP contribution in [0.25, 0.3) is 10.2 Å². The molecule has 0 unspecified atom stereocenters. The molecule has 0 fully saturated rings. The molecule has 1 aromatic heterocycles. The third-order valence-corrected chi connectivity index (χ3v) is 4.69. The predicted octanol–water partition coefficient (Wildman–Crippen LogP) is 4.65. The molecule has 2 N–H and O–H groups in total. The quantitative estimate of drug-likeness (QED) is 0.605. The van der Waals surface area contributed by atoms with Crippen molar-refractivity contribution in [2.75, 3.05) is 5.32 Å². The number of halogens is 1. The summed E-state index contributed by atoms with van der Waals surface area (Å²) in [4.78, 5) is 16.1. The van der Waals surface area contributed by atoms with Gasteiger partial charge in [-0.25, -0.2) is 4.98 Å². The number of carbonyl (C=O) groups is 1. The molecule has 118 valence electrons. The summed E-state index contributed by atoms with van der Waals surface area (Å²) in [6, 6.07) is 3.83. The van der Waals surface area contributed by atoms with Crippen molar-refractivity contribution in [3.8, 4) is 0 Å². The number of nitrogens with zero attached hydrogens (tertiary/aromatic N) is 1. The number of thiocarbonyl (C=S) groups is 1. The van der Waals surface area contributed by atoms with Crippen molar-refractivity contribution in [3.05, 3.63) is 22.7 Å². The summed E-state index contributed by atoms with van der Waals surface area (Å²) in [5, 5.41) is 7.25. The van der Waals surface area contributed by atoms with Crippen LogP contribution in [0.2, 0.25) is 5.02 Å². The van der Waals surface area contributed by atoms with E-state index in [1.807, 2.05) is 19.1 Å². The normalized spacial score (nSPS) is 10.7. The van der Waals surface area contributed by atoms with Gasteiger partial charge in [0.15, 0.2) is 10.2 Å². The minimum absolute atomic E-state index is 0.0639. The minimum atomic E-state index is -0.0639. The Morgan fingerprint density at radius 2 is 2.18 bits per heavy atom. The van der Waals surface area contributed by atoms with Crippen molar-refractivity contribution in [1.29, 1.82) is 0 Å². The van der Waals surface area contributed by atoms with Gasteiger partial charge in [0.1, 0.15) is 0 Å². The summed E-state index contributed by atoms with van der Waals surface area (Å²) < 4.78 is 1.03. The summed E-state index contributed by atoms with van der Waals surface area (Å²) in [7, 11) is 0. The molecule has 0 spiro atoms. The molecule has 0 atom stereocenters. The Morgan fingerprint density at radius 3 is 2.91 bits per heavy atom. The lowest BCUT2D eigenvalue weighted by atomic mass is 10.2. The lowest BCUT2D eigenvalue weighted by Gasteiger charge is -2.06. The zero-order chi connectivity index (χ0) is 16.1. The number of aromatic nitrogens is 1. The number of nitrogens with one attached hydrogen (secondary N) is 2. The van der Waals surface area contributed by atoms with E-state index in [9.17, 15) is 4.79 Å². The lowest BCUT2D eigenvalue weighted by molar-refractivity contribution is -0.119. The van der Waals surface area contributed by atoms with Gasteiger partial charge in [-0.15, -0.1) is 0 Å². The monoisotopic (exact) mass is 355 g/mol. The average molecular weight is 356 g/mol. The molecule has 7 heteroatoms. The Balaban J connectivity index is 1.95. The molecule has 0 aliphatic rings. The molecule has 22 heavy (non-hydrogen) atoms. The highest BCUT2D eigenvalue weighted by atomic mass is 35.5. The van der Waals surface area contributed by atoms with E-state index < -0.39 is 0 Å². The molecule has 0 saturated carbocycles. The van der Waals surface area contributed by atoms with Gasteiger partial charge < -0.3 is 10.6 Å². The Morgan fingerprint density at radius 1 is 1.41 bits per heavy atom. The van der Waals surface area contributed by atoms with Crippen LogP contribution in [-0.4, -0.2) is 16.0 Å². The van der Waals surface area contributed by atoms with E-state index >= 15 is 0 Å². The second-order valence-electron chi connectivity index (χ2n) is 5.05. The Hall–Kier alpha value is -1.24. The first-order valence-electron chi connectivity index (χ1n) is 7.17. The van der Waals surface area contributed by atoms with Crippen LogP contribution in [-0.2, 0) is 4.79 Å². The first-order chi connectivity index (χ1) is 10.5. The summed E-state index contributed by atoms with van der Waals surface area (Å²) in [6.45, 7) is 4.06. The van der Waals surface area contributed by atoms with Crippen LogP contribution in [0.1, 0.15) is 38.2 Å². The highest BCUT2D eigenvalue weighted by molar-refractivity contribution is 7.80. The molecule has 0 radical (unpaired) electrons. The molecule has 0 bridgehead atoms. The van der Waals surface area contributed by atoms with Crippen molar-refractivity contribution >= 4 is 61.5 Å². The molecule has 0 saturated heterocycles. The minimum Gasteiger partial charge on any atom is -0.308 e. The zero-order valence-electron chi connectivity index (χ0n) is 12.5. The Bertz CT molecular complexity index is 660. The van der Waals surface area contributed by atoms with Crippen LogP contribution in [0.5, 0.6) is 0 Å². The number of amides is 1. The maximum absolute atomic E-state index is 11.7. The number of hydrogen-bond donors (Lipinski definition) is 2. The fraction of sp³-hybridized carbons (Fsp3) is 0.400. The maximum atomic E-state index is 11.7. The molecular formula is C15H18ClN3OS2. The fourth-order valence-corrected chi connectivity index (χ4v) is 3.34. The van der Waals surface area contributed by atoms with E-state index in [1.54, 1.807) is 0 Å². The summed E-state index contributed by atoms with van der Waals surface area (Å²) in [6.07, 6.45) is 3.50. The van der Waals surface area contributed by atoms with Crippen molar-refractivity contribution in [3.63, 3.8) is 0 Å². The number of benzene rings is 1. The lowest BCUT2D eigenvalue weighted by Crippen LogP contribution is -2.33. The number of aryl methyl sites for hydroxylation is 1. The van der Waals surface area contributed by atoms with E-state index in [4.69, 9.17) is 23.8 Å². The van der Waals surface area contributed by atoms with Gasteiger partial charge in [0.25, 0.3) is 0 Å². The summed E-state index contributed by atoms with van der Waals surface area (Å²) in [5.74, 6) is -0.0639. The molecule has 0 aliphatic carbocycles. The van der Waals surface area contributed by atoms with Gasteiger partial charge in [-0.05, 0) is 43.3 Å². The van der Waals surface area contributed by atoms with E-state index in [0.29, 0.717) is 16.6 Å². The largest absolute Gasteiger partial charge is 0.308 e. The van der Waals surface area contributed by atoms with Crippen LogP contribution < -0.4 is 10.6 Å². The molecule has 1 aromatic carbocycles. The second kappa shape index (κ2) is 7.85. The van der Waals surface area contributed by atoms with Crippen LogP contribution in [0, 0.1) is 6.92 Å². The molecule has 0 aliphatic heterocycles. The molecular weight excluding hydrogens is 338 g/mol. The predicted molar refractivity (Wildman–Crippen MR) is 97.9 cm³/mol. The third kappa shape index (κ3) is 4.63.